The highest BCUT2D eigenvalue weighted by Crippen LogP contribution is 2.37. The summed E-state index contributed by atoms with van der Waals surface area (Å²) in [6, 6.07) is 1.81. The normalized spacial score (nSPS) is 25.8. The molecule has 1 aromatic rings. The van der Waals surface area contributed by atoms with E-state index in [1.54, 1.807) is 13.8 Å². The van der Waals surface area contributed by atoms with Crippen molar-refractivity contribution in [2.75, 3.05) is 6.61 Å². The highest BCUT2D eigenvalue weighted by molar-refractivity contribution is 7.46. The van der Waals surface area contributed by atoms with Crippen LogP contribution in [0.5, 0.6) is 0 Å². The van der Waals surface area contributed by atoms with Crippen LogP contribution in [0.25, 0.3) is 0 Å². The average molecular weight is 435 g/mol. The molecule has 0 radical (unpaired) electrons. The molecule has 12 nitrogen and oxygen atoms in total. The number of pyridine rings is 1. The van der Waals surface area contributed by atoms with E-state index < -0.39 is 56.9 Å². The first kappa shape index (κ1) is 23.5. The molecule has 6 N–H and O–H groups in total. The predicted octanol–water partition coefficient (Wildman–Crippen LogP) is -1.63. The molecular formula is C16H24N2O10P+. The molecule has 0 saturated carbocycles. The number of ether oxygens (including phenoxy) is 2. The third-order valence-corrected chi connectivity index (χ3v) is 4.76. The zero-order valence-corrected chi connectivity index (χ0v) is 16.6. The van der Waals surface area contributed by atoms with Crippen molar-refractivity contribution < 1.29 is 52.7 Å². The fraction of sp³-hybridized carbons (Fsp3) is 0.562. The number of hydrogen-bond donors (Lipinski definition) is 5. The summed E-state index contributed by atoms with van der Waals surface area (Å²) >= 11 is 0. The van der Waals surface area contributed by atoms with Crippen molar-refractivity contribution in [2.45, 2.75) is 44.4 Å². The number of phosphoric ester groups is 1. The SMILES string of the molecule is CC(C)[C@@H](N)C(=O)OC(=O)c1ccc[n+]([C@@H]2O[C@H](COP(=O)(O)O)[C@@H](O)[C@H]2O)c1. The molecule has 1 fully saturated rings. The maximum Gasteiger partial charge on any atom is 0.469 e. The minimum atomic E-state index is -4.79. The van der Waals surface area contributed by atoms with Crippen LogP contribution in [0.2, 0.25) is 0 Å². The van der Waals surface area contributed by atoms with Crippen molar-refractivity contribution in [3.63, 3.8) is 0 Å². The molecule has 2 rings (SSSR count). The number of carbonyl (C=O) groups excluding carboxylic acids is 2. The molecule has 29 heavy (non-hydrogen) atoms. The third kappa shape index (κ3) is 6.11. The topological polar surface area (TPSA) is 190 Å². The molecule has 0 amide bonds. The number of rotatable bonds is 7. The van der Waals surface area contributed by atoms with Gasteiger partial charge in [0.25, 0.3) is 6.23 Å². The number of nitrogens with two attached hydrogens (primary N) is 1. The van der Waals surface area contributed by atoms with Crippen LogP contribution >= 0.6 is 7.82 Å². The van der Waals surface area contributed by atoms with E-state index in [4.69, 9.17) is 25.0 Å². The number of esters is 2. The molecule has 1 saturated heterocycles. The largest absolute Gasteiger partial charge is 0.469 e. The lowest BCUT2D eigenvalue weighted by Crippen LogP contribution is -2.46. The molecule has 0 aromatic carbocycles. The Balaban J connectivity index is 2.11. The second-order valence-corrected chi connectivity index (χ2v) is 8.09. The van der Waals surface area contributed by atoms with Gasteiger partial charge in [-0.2, -0.15) is 4.57 Å². The average Bonchev–Trinajstić information content (AvgIpc) is 2.93. The van der Waals surface area contributed by atoms with Crippen molar-refractivity contribution in [3.8, 4) is 0 Å². The first-order valence-corrected chi connectivity index (χ1v) is 10.2. The summed E-state index contributed by atoms with van der Waals surface area (Å²) in [6.45, 7) is 2.73. The molecular weight excluding hydrogens is 411 g/mol. The van der Waals surface area contributed by atoms with E-state index in [9.17, 15) is 24.4 Å². The number of aromatic nitrogens is 1. The number of aliphatic hydroxyl groups excluding tert-OH is 2. The Morgan fingerprint density at radius 3 is 2.55 bits per heavy atom. The van der Waals surface area contributed by atoms with E-state index in [-0.39, 0.29) is 11.5 Å². The first-order valence-electron chi connectivity index (χ1n) is 8.65. The van der Waals surface area contributed by atoms with Crippen molar-refractivity contribution in [2.24, 2.45) is 11.7 Å². The van der Waals surface area contributed by atoms with Crippen LogP contribution < -0.4 is 10.3 Å². The molecule has 0 spiro atoms. The molecule has 2 heterocycles. The lowest BCUT2D eigenvalue weighted by molar-refractivity contribution is -0.765. The minimum absolute atomic E-state index is 0.0444. The van der Waals surface area contributed by atoms with Crippen LogP contribution in [-0.4, -0.2) is 62.9 Å². The van der Waals surface area contributed by atoms with Gasteiger partial charge in [-0.15, -0.1) is 0 Å². The summed E-state index contributed by atoms with van der Waals surface area (Å²) in [5.41, 5.74) is 5.60. The molecule has 0 bridgehead atoms. The molecule has 1 aromatic heterocycles. The van der Waals surface area contributed by atoms with Gasteiger partial charge >= 0.3 is 19.8 Å². The van der Waals surface area contributed by atoms with Gasteiger partial charge in [-0.1, -0.05) is 13.8 Å². The van der Waals surface area contributed by atoms with E-state index in [1.807, 2.05) is 0 Å². The first-order chi connectivity index (χ1) is 13.4. The highest BCUT2D eigenvalue weighted by Gasteiger charge is 2.49. The van der Waals surface area contributed by atoms with Gasteiger partial charge in [0.1, 0.15) is 23.8 Å². The van der Waals surface area contributed by atoms with Crippen LogP contribution in [0.1, 0.15) is 30.4 Å². The number of aliphatic hydroxyl groups is 2. The second-order valence-electron chi connectivity index (χ2n) is 6.85. The van der Waals surface area contributed by atoms with Gasteiger partial charge in [-0.05, 0) is 12.0 Å². The summed E-state index contributed by atoms with van der Waals surface area (Å²) in [5, 5.41) is 20.2. The molecule has 1 aliphatic heterocycles. The van der Waals surface area contributed by atoms with Gasteiger partial charge in [0.2, 0.25) is 0 Å². The number of nitrogens with zero attached hydrogens (tertiary/aromatic N) is 1. The van der Waals surface area contributed by atoms with Crippen molar-refractivity contribution >= 4 is 19.8 Å². The van der Waals surface area contributed by atoms with Gasteiger partial charge < -0.3 is 35.2 Å². The second kappa shape index (κ2) is 9.37. The molecule has 1 aliphatic rings. The van der Waals surface area contributed by atoms with Gasteiger partial charge in [0.15, 0.2) is 18.5 Å². The monoisotopic (exact) mass is 435 g/mol. The standard InChI is InChI=1S/C16H23N2O10P/c1-8(2)11(17)16(22)28-15(21)9-4-3-5-18(6-9)14-13(20)12(19)10(27-14)7-26-29(23,24)25/h3-6,8,10-14,19-20H,7,17H2,1-2H3,(H-,23,24,25)/p+1/t10-,11-,12-,13-,14-/m1/s1. The van der Waals surface area contributed by atoms with E-state index >= 15 is 0 Å². The van der Waals surface area contributed by atoms with Crippen LogP contribution in [0, 0.1) is 5.92 Å². The van der Waals surface area contributed by atoms with E-state index in [2.05, 4.69) is 4.52 Å². The Kier molecular flexibility index (Phi) is 7.60. The smallest absolute Gasteiger partial charge is 0.388 e. The van der Waals surface area contributed by atoms with Crippen LogP contribution in [0.3, 0.4) is 0 Å². The molecule has 5 atom stereocenters. The van der Waals surface area contributed by atoms with Gasteiger partial charge in [0.05, 0.1) is 6.61 Å². The quantitative estimate of drug-likeness (QED) is 0.143. The maximum atomic E-state index is 12.2. The molecule has 0 aliphatic carbocycles. The maximum absolute atomic E-state index is 12.2. The minimum Gasteiger partial charge on any atom is -0.388 e. The van der Waals surface area contributed by atoms with Gasteiger partial charge in [-0.3, -0.25) is 4.52 Å². The summed E-state index contributed by atoms with van der Waals surface area (Å²) in [6.07, 6.45) is -2.74. The molecule has 162 valence electrons. The Morgan fingerprint density at radius 1 is 1.31 bits per heavy atom. The lowest BCUT2D eigenvalue weighted by Gasteiger charge is -2.13. The van der Waals surface area contributed by atoms with Crippen molar-refractivity contribution in [3.05, 3.63) is 30.1 Å². The molecule has 0 unspecified atom stereocenters. The summed E-state index contributed by atoms with van der Waals surface area (Å²) in [7, 11) is -4.79. The Labute approximate surface area is 166 Å². The zero-order valence-electron chi connectivity index (χ0n) is 15.7. The van der Waals surface area contributed by atoms with E-state index in [0.29, 0.717) is 0 Å². The molecule has 13 heteroatoms. The van der Waals surface area contributed by atoms with E-state index in [1.165, 1.54) is 29.1 Å². The zero-order chi connectivity index (χ0) is 21.9. The number of hydrogen-bond acceptors (Lipinski definition) is 9. The van der Waals surface area contributed by atoms with Gasteiger partial charge in [-0.25, -0.2) is 14.2 Å². The Hall–Kier alpha value is -1.76. The predicted molar refractivity (Wildman–Crippen MR) is 93.8 cm³/mol. The van der Waals surface area contributed by atoms with Crippen molar-refractivity contribution in [1.29, 1.82) is 0 Å². The Bertz CT molecular complexity index is 798. The number of carbonyl (C=O) groups is 2. The lowest BCUT2D eigenvalue weighted by atomic mass is 10.1. The van der Waals surface area contributed by atoms with Crippen LogP contribution in [-0.2, 0) is 23.4 Å². The fourth-order valence-corrected chi connectivity index (χ4v) is 2.89. The van der Waals surface area contributed by atoms with E-state index in [0.717, 1.165) is 0 Å². The van der Waals surface area contributed by atoms with Crippen LogP contribution in [0.4, 0.5) is 0 Å². The Morgan fingerprint density at radius 2 is 1.97 bits per heavy atom. The summed E-state index contributed by atoms with van der Waals surface area (Å²) in [4.78, 5) is 41.6. The third-order valence-electron chi connectivity index (χ3n) is 4.28. The van der Waals surface area contributed by atoms with Gasteiger partial charge in [0, 0.05) is 6.07 Å². The number of phosphoric acid groups is 1. The summed E-state index contributed by atoms with van der Waals surface area (Å²) in [5.74, 6) is -2.08. The summed E-state index contributed by atoms with van der Waals surface area (Å²) < 4.78 is 26.5. The fourth-order valence-electron chi connectivity index (χ4n) is 2.55. The van der Waals surface area contributed by atoms with Crippen molar-refractivity contribution in [1.82, 2.24) is 0 Å². The van der Waals surface area contributed by atoms with Crippen LogP contribution in [0.15, 0.2) is 24.5 Å². The highest BCUT2D eigenvalue weighted by atomic mass is 31.2.